The van der Waals surface area contributed by atoms with E-state index in [9.17, 15) is 0 Å². The first-order valence-electron chi connectivity index (χ1n) is 19.0. The van der Waals surface area contributed by atoms with Gasteiger partial charge in [-0.1, -0.05) is 146 Å². The van der Waals surface area contributed by atoms with Gasteiger partial charge in [0.2, 0.25) is 0 Å². The van der Waals surface area contributed by atoms with Gasteiger partial charge in [0.1, 0.15) is 11.9 Å². The Morgan fingerprint density at radius 3 is 1.55 bits per heavy atom. The maximum Gasteiger partial charge on any atom is 0.164 e. The Balaban J connectivity index is 1.03. The van der Waals surface area contributed by atoms with Gasteiger partial charge in [0, 0.05) is 44.8 Å². The molecule has 0 fully saturated rings. The topological polar surface area (TPSA) is 52.8 Å². The van der Waals surface area contributed by atoms with Gasteiger partial charge in [0.05, 0.1) is 11.2 Å². The summed E-state index contributed by atoms with van der Waals surface area (Å²) in [6, 6.07) is 63.5. The molecule has 1 aliphatic heterocycles. The Kier molecular flexibility index (Phi) is 7.56. The molecular formula is C51H34N4O. The number of para-hydroxylation sites is 1. The number of rotatable bonds is 6. The van der Waals surface area contributed by atoms with Crippen LogP contribution in [0.25, 0.3) is 79.1 Å². The molecule has 0 N–H and O–H groups in total. The van der Waals surface area contributed by atoms with Crippen molar-refractivity contribution in [3.05, 3.63) is 205 Å². The van der Waals surface area contributed by atoms with Crippen molar-refractivity contribution in [3.8, 4) is 67.9 Å². The van der Waals surface area contributed by atoms with Crippen molar-refractivity contribution in [2.75, 3.05) is 0 Å². The lowest BCUT2D eigenvalue weighted by atomic mass is 9.85. The van der Waals surface area contributed by atoms with E-state index in [-0.39, 0.29) is 12.0 Å². The molecule has 0 bridgehead atoms. The summed E-state index contributed by atoms with van der Waals surface area (Å²) in [4.78, 5) is 14.9. The highest BCUT2D eigenvalue weighted by Crippen LogP contribution is 2.53. The first kappa shape index (κ1) is 32.1. The number of ether oxygens (including phenoxy) is 1. The molecule has 2 atom stereocenters. The maximum atomic E-state index is 6.94. The molecule has 2 aliphatic rings. The van der Waals surface area contributed by atoms with Gasteiger partial charge in [-0.2, -0.15) is 0 Å². The smallest absolute Gasteiger partial charge is 0.164 e. The lowest BCUT2D eigenvalue weighted by Gasteiger charge is -2.22. The van der Waals surface area contributed by atoms with Crippen molar-refractivity contribution < 1.29 is 4.74 Å². The van der Waals surface area contributed by atoms with Crippen LogP contribution in [-0.2, 0) is 0 Å². The molecule has 0 amide bonds. The summed E-state index contributed by atoms with van der Waals surface area (Å²) in [7, 11) is 0. The molecule has 0 saturated heterocycles. The molecule has 2 unspecified atom stereocenters. The van der Waals surface area contributed by atoms with Crippen LogP contribution >= 0.6 is 0 Å². The van der Waals surface area contributed by atoms with E-state index >= 15 is 0 Å². The van der Waals surface area contributed by atoms with Crippen molar-refractivity contribution in [1.82, 2.24) is 19.5 Å². The van der Waals surface area contributed by atoms with E-state index in [0.717, 1.165) is 44.9 Å². The fourth-order valence-electron chi connectivity index (χ4n) is 8.36. The Labute approximate surface area is 324 Å². The Bertz CT molecular complexity index is 2820. The molecule has 11 rings (SSSR count). The quantitative estimate of drug-likeness (QED) is 0.172. The third kappa shape index (κ3) is 5.44. The zero-order valence-corrected chi connectivity index (χ0v) is 30.3. The van der Waals surface area contributed by atoms with E-state index in [2.05, 4.69) is 138 Å². The standard InChI is InChI=1S/C51H34N4O/c1-5-15-33(16-6-1)38-29-39(34-17-7-2-8-18-34)31-40(30-38)55-44-24-14-13-23-42(44)47-45(55)27-26-41-43-32-37(25-28-46(43)56-48(41)47)51-53-49(35-19-9-3-10-20-35)52-50(54-51)36-21-11-4-12-22-36/h1-32,41,48H. The van der Waals surface area contributed by atoms with Crippen molar-refractivity contribution >= 4 is 17.0 Å². The van der Waals surface area contributed by atoms with Crippen LogP contribution in [0.15, 0.2) is 188 Å². The fourth-order valence-corrected chi connectivity index (χ4v) is 8.36. The predicted octanol–water partition coefficient (Wildman–Crippen LogP) is 12.4. The molecule has 7 aromatic carbocycles. The minimum Gasteiger partial charge on any atom is -0.484 e. The van der Waals surface area contributed by atoms with Crippen LogP contribution in [0.1, 0.15) is 28.8 Å². The van der Waals surface area contributed by atoms with Gasteiger partial charge in [0.15, 0.2) is 17.5 Å². The van der Waals surface area contributed by atoms with Gasteiger partial charge >= 0.3 is 0 Å². The molecule has 264 valence electrons. The summed E-state index contributed by atoms with van der Waals surface area (Å²) >= 11 is 0. The second-order valence-electron chi connectivity index (χ2n) is 14.4. The summed E-state index contributed by atoms with van der Waals surface area (Å²) in [5, 5.41) is 1.19. The van der Waals surface area contributed by atoms with Crippen LogP contribution in [0.5, 0.6) is 5.75 Å². The third-order valence-electron chi connectivity index (χ3n) is 11.0. The van der Waals surface area contributed by atoms with E-state index in [4.69, 9.17) is 19.7 Å². The van der Waals surface area contributed by atoms with Crippen LogP contribution in [-0.4, -0.2) is 19.5 Å². The third-order valence-corrected chi connectivity index (χ3v) is 11.0. The molecule has 5 heteroatoms. The molecule has 1 aliphatic carbocycles. The van der Waals surface area contributed by atoms with Crippen LogP contribution in [0, 0.1) is 0 Å². The highest BCUT2D eigenvalue weighted by atomic mass is 16.5. The number of benzene rings is 7. The van der Waals surface area contributed by atoms with Crippen LogP contribution in [0.3, 0.4) is 0 Å². The number of hydrogen-bond acceptors (Lipinski definition) is 4. The van der Waals surface area contributed by atoms with Crippen LogP contribution < -0.4 is 4.74 Å². The number of hydrogen-bond donors (Lipinski definition) is 0. The maximum absolute atomic E-state index is 6.94. The molecule has 3 heterocycles. The molecule has 0 radical (unpaired) electrons. The molecule has 0 spiro atoms. The molecule has 2 aromatic heterocycles. The first-order chi connectivity index (χ1) is 27.7. The molecule has 5 nitrogen and oxygen atoms in total. The lowest BCUT2D eigenvalue weighted by Crippen LogP contribution is -2.13. The van der Waals surface area contributed by atoms with Gasteiger partial charge in [-0.15, -0.1) is 0 Å². The predicted molar refractivity (Wildman–Crippen MR) is 225 cm³/mol. The normalized spacial score (nSPS) is 15.2. The van der Waals surface area contributed by atoms with Gasteiger partial charge in [-0.05, 0) is 70.8 Å². The number of aromatic nitrogens is 4. The molecular weight excluding hydrogens is 685 g/mol. The van der Waals surface area contributed by atoms with E-state index in [0.29, 0.717) is 17.5 Å². The van der Waals surface area contributed by atoms with Crippen LogP contribution in [0.4, 0.5) is 0 Å². The summed E-state index contributed by atoms with van der Waals surface area (Å²) in [5.41, 5.74) is 13.3. The number of nitrogens with zero attached hydrogens (tertiary/aromatic N) is 4. The second kappa shape index (κ2) is 13.2. The molecule has 0 saturated carbocycles. The lowest BCUT2D eigenvalue weighted by molar-refractivity contribution is 0.224. The molecule has 9 aromatic rings. The summed E-state index contributed by atoms with van der Waals surface area (Å²) in [6.07, 6.45) is 4.42. The monoisotopic (exact) mass is 718 g/mol. The zero-order chi connectivity index (χ0) is 37.0. The minimum atomic E-state index is -0.185. The van der Waals surface area contributed by atoms with Crippen molar-refractivity contribution in [3.63, 3.8) is 0 Å². The van der Waals surface area contributed by atoms with Crippen molar-refractivity contribution in [2.45, 2.75) is 12.0 Å². The van der Waals surface area contributed by atoms with Gasteiger partial charge in [-0.25, -0.2) is 15.0 Å². The Morgan fingerprint density at radius 1 is 0.446 bits per heavy atom. The van der Waals surface area contributed by atoms with Gasteiger partial charge in [-0.3, -0.25) is 0 Å². The highest BCUT2D eigenvalue weighted by Gasteiger charge is 2.40. The van der Waals surface area contributed by atoms with E-state index in [1.54, 1.807) is 0 Å². The number of fused-ring (bicyclic) bond motifs is 7. The van der Waals surface area contributed by atoms with Crippen LogP contribution in [0.2, 0.25) is 0 Å². The van der Waals surface area contributed by atoms with Crippen molar-refractivity contribution in [2.24, 2.45) is 0 Å². The van der Waals surface area contributed by atoms with Gasteiger partial charge < -0.3 is 9.30 Å². The zero-order valence-electron chi connectivity index (χ0n) is 30.3. The summed E-state index contributed by atoms with van der Waals surface area (Å²) in [6.45, 7) is 0. The Hall–Kier alpha value is -7.37. The second-order valence-corrected chi connectivity index (χ2v) is 14.4. The van der Waals surface area contributed by atoms with Gasteiger partial charge in [0.25, 0.3) is 0 Å². The fraction of sp³-hybridized carbons (Fsp3) is 0.0392. The molecule has 56 heavy (non-hydrogen) atoms. The minimum absolute atomic E-state index is 0.0243. The average Bonchev–Trinajstić information content (AvgIpc) is 3.83. The summed E-state index contributed by atoms with van der Waals surface area (Å²) in [5.74, 6) is 2.83. The van der Waals surface area contributed by atoms with Crippen molar-refractivity contribution in [1.29, 1.82) is 0 Å². The highest BCUT2D eigenvalue weighted by molar-refractivity contribution is 5.93. The SMILES string of the molecule is C1=CC2c3cc(-c4nc(-c5ccccc5)nc(-c5ccccc5)n4)ccc3OC2c2c1n(-c1cc(-c3ccccc3)cc(-c3ccccc3)c1)c1ccccc21. The average molecular weight is 719 g/mol. The van der Waals surface area contributed by atoms with E-state index < -0.39 is 0 Å². The van der Waals surface area contributed by atoms with E-state index in [1.165, 1.54) is 33.2 Å². The first-order valence-corrected chi connectivity index (χ1v) is 19.0. The largest absolute Gasteiger partial charge is 0.484 e. The summed E-state index contributed by atoms with van der Waals surface area (Å²) < 4.78 is 9.35. The Morgan fingerprint density at radius 2 is 0.964 bits per heavy atom. The van der Waals surface area contributed by atoms with E-state index in [1.807, 2.05) is 60.7 Å².